The molecule has 3 heterocycles. The number of phenols is 3. The zero-order valence-electron chi connectivity index (χ0n) is 29.6. The van der Waals surface area contributed by atoms with E-state index in [9.17, 15) is 61.0 Å². The summed E-state index contributed by atoms with van der Waals surface area (Å²) in [4.78, 5) is 13.3. The molecule has 11 N–H and O–H groups in total. The topological polar surface area (TPSA) is 304 Å². The lowest BCUT2D eigenvalue weighted by Crippen LogP contribution is -2.64. The minimum Gasteiger partial charge on any atom is -0.508 e. The number of phenolic OH excluding ortho intramolecular Hbond substituents is 3. The fraction of sp³-hybridized carbons (Fsp3) is 0.583. The number of aliphatic hydroxyl groups is 8. The highest BCUT2D eigenvalue weighted by molar-refractivity contribution is 5.87. The Bertz CT molecular complexity index is 1560. The second-order valence-corrected chi connectivity index (χ2v) is 13.5. The van der Waals surface area contributed by atoms with Crippen LogP contribution in [0.25, 0.3) is 6.08 Å². The van der Waals surface area contributed by atoms with Gasteiger partial charge in [0, 0.05) is 6.08 Å². The summed E-state index contributed by atoms with van der Waals surface area (Å²) in [5.74, 6) is -1.81. The number of hydrogen-bond acceptors (Lipinski definition) is 19. The molecule has 19 heteroatoms. The van der Waals surface area contributed by atoms with Crippen molar-refractivity contribution in [3.63, 3.8) is 0 Å². The van der Waals surface area contributed by atoms with Gasteiger partial charge in [-0.25, -0.2) is 4.79 Å². The summed E-state index contributed by atoms with van der Waals surface area (Å²) in [5, 5.41) is 113. The number of esters is 1. The molecule has 3 aliphatic heterocycles. The predicted octanol–water partition coefficient (Wildman–Crippen LogP) is -2.85. The molecule has 15 unspecified atom stereocenters. The van der Waals surface area contributed by atoms with Gasteiger partial charge in [0.05, 0.1) is 32.5 Å². The fourth-order valence-electron chi connectivity index (χ4n) is 6.31. The van der Waals surface area contributed by atoms with E-state index in [4.69, 9.17) is 33.2 Å². The van der Waals surface area contributed by atoms with Gasteiger partial charge in [0.2, 0.25) is 0 Å². The second kappa shape index (κ2) is 19.1. The van der Waals surface area contributed by atoms with Crippen LogP contribution in [-0.4, -0.2) is 181 Å². The molecule has 3 aliphatic rings. The number of aliphatic hydroxyl groups excluding tert-OH is 8. The number of carbonyl (C=O) groups is 1. The summed E-state index contributed by atoms with van der Waals surface area (Å²) in [6.07, 6.45) is -20.3. The first-order chi connectivity index (χ1) is 26.2. The van der Waals surface area contributed by atoms with Crippen LogP contribution in [-0.2, 0) is 44.4 Å². The molecule has 306 valence electrons. The smallest absolute Gasteiger partial charge is 0.331 e. The highest BCUT2D eigenvalue weighted by Gasteiger charge is 2.51. The van der Waals surface area contributed by atoms with Crippen LogP contribution in [0.4, 0.5) is 0 Å². The zero-order chi connectivity index (χ0) is 40.0. The maximum absolute atomic E-state index is 13.3. The Hall–Kier alpha value is -3.51. The average molecular weight is 785 g/mol. The molecule has 0 bridgehead atoms. The van der Waals surface area contributed by atoms with Crippen molar-refractivity contribution in [1.82, 2.24) is 0 Å². The van der Waals surface area contributed by atoms with Gasteiger partial charge in [-0.3, -0.25) is 0 Å². The molecule has 5 rings (SSSR count). The SMILES string of the molecule is CC1OC(COC2C(O)C(OCCc3ccc(O)cc3)OC(COC3OC(CO)C(O)C(O)C3O)C2OC(=O)C=Cc2ccc(O)c(O)c2)C(O)C(O)C1O. The van der Waals surface area contributed by atoms with Crippen molar-refractivity contribution in [3.8, 4) is 17.2 Å². The van der Waals surface area contributed by atoms with Crippen molar-refractivity contribution in [2.45, 2.75) is 105 Å². The Kier molecular flexibility index (Phi) is 14.8. The molecule has 3 saturated heterocycles. The lowest BCUT2D eigenvalue weighted by Gasteiger charge is -2.45. The first-order valence-corrected chi connectivity index (χ1v) is 17.6. The standard InChI is InChI=1S/C36H48O19/c1-16-26(42)29(45)28(44)23(52-16)14-50-34-32(48)36(49-11-10-17-2-6-19(38)7-3-17)54-24(15-51-35-31(47)30(46)27(43)22(13-37)53-35)33(34)55-25(41)9-5-18-4-8-20(39)21(40)12-18/h2-9,12,16,22-24,26-40,42-48H,10-11,13-15H2,1H3. The van der Waals surface area contributed by atoms with E-state index in [1.165, 1.54) is 43.3 Å². The van der Waals surface area contributed by atoms with Gasteiger partial charge in [-0.15, -0.1) is 0 Å². The minimum atomic E-state index is -1.81. The minimum absolute atomic E-state index is 0.0434. The number of carbonyl (C=O) groups excluding carboxylic acids is 1. The normalized spacial score (nSPS) is 36.9. The molecule has 2 aromatic carbocycles. The van der Waals surface area contributed by atoms with E-state index in [0.717, 1.165) is 11.6 Å². The number of hydrogen-bond donors (Lipinski definition) is 11. The number of benzene rings is 2. The largest absolute Gasteiger partial charge is 0.508 e. The molecule has 0 saturated carbocycles. The third-order valence-corrected chi connectivity index (χ3v) is 9.56. The summed E-state index contributed by atoms with van der Waals surface area (Å²) in [6, 6.07) is 10.0. The van der Waals surface area contributed by atoms with Crippen LogP contribution in [0.5, 0.6) is 17.2 Å². The molecule has 0 aromatic heterocycles. The van der Waals surface area contributed by atoms with E-state index in [2.05, 4.69) is 0 Å². The maximum Gasteiger partial charge on any atom is 0.331 e. The summed E-state index contributed by atoms with van der Waals surface area (Å²) in [5.41, 5.74) is 1.06. The molecule has 0 radical (unpaired) electrons. The molecule has 0 aliphatic carbocycles. The van der Waals surface area contributed by atoms with Crippen LogP contribution in [0.2, 0.25) is 0 Å². The Morgan fingerprint density at radius 3 is 2.00 bits per heavy atom. The Labute approximate surface area is 314 Å². The molecule has 55 heavy (non-hydrogen) atoms. The van der Waals surface area contributed by atoms with Crippen LogP contribution in [0.1, 0.15) is 18.1 Å². The van der Waals surface area contributed by atoms with E-state index < -0.39 is 129 Å². The third-order valence-electron chi connectivity index (χ3n) is 9.56. The van der Waals surface area contributed by atoms with Gasteiger partial charge in [-0.1, -0.05) is 18.2 Å². The maximum atomic E-state index is 13.3. The molecular formula is C36H48O19. The van der Waals surface area contributed by atoms with Crippen LogP contribution in [0.3, 0.4) is 0 Å². The fourth-order valence-corrected chi connectivity index (χ4v) is 6.31. The highest BCUT2D eigenvalue weighted by atomic mass is 16.7. The van der Waals surface area contributed by atoms with Crippen molar-refractivity contribution < 1.29 is 94.1 Å². The number of aromatic hydroxyl groups is 3. The van der Waals surface area contributed by atoms with Crippen LogP contribution < -0.4 is 0 Å². The van der Waals surface area contributed by atoms with E-state index >= 15 is 0 Å². The number of ether oxygens (including phenoxy) is 7. The second-order valence-electron chi connectivity index (χ2n) is 13.5. The monoisotopic (exact) mass is 784 g/mol. The third kappa shape index (κ3) is 10.5. The summed E-state index contributed by atoms with van der Waals surface area (Å²) >= 11 is 0. The Morgan fingerprint density at radius 1 is 0.673 bits per heavy atom. The number of rotatable bonds is 14. The van der Waals surface area contributed by atoms with Crippen LogP contribution >= 0.6 is 0 Å². The molecule has 15 atom stereocenters. The van der Waals surface area contributed by atoms with Gasteiger partial charge < -0.3 is 89.3 Å². The van der Waals surface area contributed by atoms with Gasteiger partial charge in [0.1, 0.15) is 72.9 Å². The van der Waals surface area contributed by atoms with Crippen molar-refractivity contribution in [3.05, 3.63) is 59.7 Å². The van der Waals surface area contributed by atoms with Crippen molar-refractivity contribution in [2.24, 2.45) is 0 Å². The zero-order valence-corrected chi connectivity index (χ0v) is 29.6. The van der Waals surface area contributed by atoms with Gasteiger partial charge in [-0.05, 0) is 54.8 Å². The molecule has 0 amide bonds. The van der Waals surface area contributed by atoms with E-state index in [1.54, 1.807) is 12.1 Å². The quantitative estimate of drug-likeness (QED) is 0.0522. The van der Waals surface area contributed by atoms with Crippen molar-refractivity contribution in [1.29, 1.82) is 0 Å². The Morgan fingerprint density at radius 2 is 1.31 bits per heavy atom. The molecule has 0 spiro atoms. The lowest BCUT2D eigenvalue weighted by molar-refractivity contribution is -0.336. The van der Waals surface area contributed by atoms with E-state index in [1.807, 2.05) is 0 Å². The van der Waals surface area contributed by atoms with Gasteiger partial charge in [0.15, 0.2) is 30.2 Å². The molecule has 3 fully saturated rings. The molecule has 2 aromatic rings. The Balaban J connectivity index is 1.41. The average Bonchev–Trinajstić information content (AvgIpc) is 3.16. The first kappa shape index (κ1) is 42.6. The van der Waals surface area contributed by atoms with Crippen molar-refractivity contribution >= 4 is 12.0 Å². The van der Waals surface area contributed by atoms with E-state index in [-0.39, 0.29) is 12.4 Å². The van der Waals surface area contributed by atoms with Crippen LogP contribution in [0, 0.1) is 0 Å². The molecular weight excluding hydrogens is 736 g/mol. The van der Waals surface area contributed by atoms with Gasteiger partial charge >= 0.3 is 5.97 Å². The first-order valence-electron chi connectivity index (χ1n) is 17.6. The molecule has 19 nitrogen and oxygen atoms in total. The van der Waals surface area contributed by atoms with E-state index in [0.29, 0.717) is 12.0 Å². The van der Waals surface area contributed by atoms with Gasteiger partial charge in [-0.2, -0.15) is 0 Å². The van der Waals surface area contributed by atoms with Gasteiger partial charge in [0.25, 0.3) is 0 Å². The summed E-state index contributed by atoms with van der Waals surface area (Å²) in [7, 11) is 0. The summed E-state index contributed by atoms with van der Waals surface area (Å²) < 4.78 is 40.6. The predicted molar refractivity (Wildman–Crippen MR) is 183 cm³/mol. The highest BCUT2D eigenvalue weighted by Crippen LogP contribution is 2.31. The van der Waals surface area contributed by atoms with Crippen LogP contribution in [0.15, 0.2) is 48.5 Å². The van der Waals surface area contributed by atoms with Crippen molar-refractivity contribution in [2.75, 3.05) is 26.4 Å². The lowest BCUT2D eigenvalue weighted by atomic mass is 9.95. The summed E-state index contributed by atoms with van der Waals surface area (Å²) in [6.45, 7) is -0.447.